The fraction of sp³-hybridized carbons (Fsp3) is 0.0488. The zero-order chi connectivity index (χ0) is 87.0. The van der Waals surface area contributed by atoms with E-state index in [1.54, 1.807) is 60.8 Å². The molecule has 0 spiro atoms. The summed E-state index contributed by atoms with van der Waals surface area (Å²) in [5.74, 6) is 1.25. The van der Waals surface area contributed by atoms with Gasteiger partial charge in [-0.15, -0.1) is 0 Å². The number of ether oxygens (including phenoxy) is 1. The molecule has 3 aromatic heterocycles. The van der Waals surface area contributed by atoms with E-state index in [2.05, 4.69) is 27.1 Å². The molecule has 0 aliphatic carbocycles. The summed E-state index contributed by atoms with van der Waals surface area (Å²) in [5.41, 5.74) is -3.60. The van der Waals surface area contributed by atoms with Gasteiger partial charge in [-0.25, -0.2) is 4.98 Å². The van der Waals surface area contributed by atoms with Crippen LogP contribution in [0.25, 0.3) is 94.5 Å². The highest BCUT2D eigenvalue weighted by atomic mass is 28.3. The molecule has 88 heavy (non-hydrogen) atoms. The van der Waals surface area contributed by atoms with E-state index in [0.717, 1.165) is 27.4 Å². The van der Waals surface area contributed by atoms with Crippen LogP contribution in [0.2, 0.25) is 0 Å². The lowest BCUT2D eigenvalue weighted by molar-refractivity contribution is -0.571. The molecule has 5 nitrogen and oxygen atoms in total. The molecule has 0 N–H and O–H groups in total. The Morgan fingerprint density at radius 3 is 1.62 bits per heavy atom. The van der Waals surface area contributed by atoms with E-state index in [9.17, 15) is 31.5 Å². The zero-order valence-corrected chi connectivity index (χ0v) is 47.8. The lowest BCUT2D eigenvalue weighted by Crippen LogP contribution is -2.74. The van der Waals surface area contributed by atoms with Crippen molar-refractivity contribution in [1.82, 2.24) is 14.1 Å². The van der Waals surface area contributed by atoms with Crippen molar-refractivity contribution in [3.8, 4) is 73.2 Å². The Morgan fingerprint density at radius 2 is 0.977 bits per heavy atom. The molecule has 12 aromatic carbocycles. The van der Waals surface area contributed by atoms with Gasteiger partial charge in [0.25, 0.3) is 6.33 Å². The van der Waals surface area contributed by atoms with Gasteiger partial charge in [0.05, 0.1) is 77.3 Å². The summed E-state index contributed by atoms with van der Waals surface area (Å²) in [6.07, 6.45) is 5.10. The minimum atomic E-state index is -6.58. The van der Waals surface area contributed by atoms with Crippen LogP contribution in [0.15, 0.2) is 321 Å². The van der Waals surface area contributed by atoms with Crippen molar-refractivity contribution in [1.29, 1.82) is 0 Å². The minimum absolute atomic E-state index is 0.0782. The topological polar surface area (TPSA) is 35.9 Å². The van der Waals surface area contributed by atoms with Gasteiger partial charge in [0, 0.05) is 23.0 Å². The van der Waals surface area contributed by atoms with Crippen LogP contribution in [0.3, 0.4) is 0 Å². The Morgan fingerprint density at radius 1 is 0.443 bits per heavy atom. The second kappa shape index (κ2) is 22.5. The molecule has 0 aliphatic heterocycles. The number of fused-ring (bicyclic) bond motifs is 4. The van der Waals surface area contributed by atoms with E-state index in [-0.39, 0.29) is 27.9 Å². The summed E-state index contributed by atoms with van der Waals surface area (Å²) >= 11 is 0. The first-order chi connectivity index (χ1) is 56.6. The van der Waals surface area contributed by atoms with Gasteiger partial charge >= 0.3 is 0 Å². The van der Waals surface area contributed by atoms with Gasteiger partial charge in [-0.1, -0.05) is 263 Å². The maximum atomic E-state index is 11.1. The fourth-order valence-corrected chi connectivity index (χ4v) is 14.6. The van der Waals surface area contributed by atoms with Crippen molar-refractivity contribution in [2.45, 2.75) is 26.2 Å². The van der Waals surface area contributed by atoms with Crippen LogP contribution >= 0.6 is 0 Å². The SMILES string of the molecule is [2H]c1c([2H])c([2H])c(-c2c([2H])c(-c3cccc(-c4c([2H])c([2H])c([2H])c([Si](c5c([2H])c([2H])c([2H])c([2H])c5[2H])(c5c([2H])c([2H])c([2H])c([2H])c5[2H])c5c([2H])c([2H])c([2H])c([2H])c5[2H])c4[2H])c3-[n+]3[c-]n(-c4cccc(Oc5ccc6c7ccccc7n(-c7cc(C(C)(C)C)ccn7)c6c5)c4)c4ccccc43)c([2H])c(-c3c([2H])c([2H])c([2H])c([2H])c3[2H])c2[2H])c([2H])c1[2H]. The molecule has 0 unspecified atom stereocenters. The fourth-order valence-electron chi connectivity index (χ4n) is 11.0. The number of rotatable bonds is 13. The first kappa shape index (κ1) is 29.4. The standard InChI is InChI=1S/C82H62N4OSi/c1-82(2,3)64-48-49-83-80(54-64)86-76-43-20-19-40-74(76)75-47-46-67(56-79(75)86)87-66-32-24-31-65(55-66)84-57-85(78-45-22-21-44-77(78)84)81-72(41-25-42-73(81)63-51-61(58-26-9-4-10-27-58)50-62(52-63)59-28-11-5-12-29-59)60-30-23-39-71(53-60)88(68-33-13-6-14-34-68,69-35-15-7-16-36-69)70-37-17-8-18-38-70/h4-56H,1-3H3/i4D,5D,6D,7D,8D,9D,10D,11D,12D,13D,14D,15D,16D,17D,18D,23D,26D,27D,28D,29D,30D,33D,34D,35D,36D,37D,38D,39D,50D,51D,52D,53D. The average Bonchev–Trinajstić information content (AvgIpc) is 0.861. The molecule has 0 saturated carbocycles. The van der Waals surface area contributed by atoms with Crippen LogP contribution in [0, 0.1) is 6.33 Å². The van der Waals surface area contributed by atoms with Crippen LogP contribution in [-0.4, -0.2) is 22.2 Å². The summed E-state index contributed by atoms with van der Waals surface area (Å²) in [6, 6.07) is -2.16. The lowest BCUT2D eigenvalue weighted by atomic mass is 9.88. The second-order valence-corrected chi connectivity index (χ2v) is 24.7. The smallest absolute Gasteiger partial charge is 0.269 e. The first-order valence-corrected chi connectivity index (χ1v) is 29.6. The third-order valence-corrected chi connectivity index (χ3v) is 19.0. The van der Waals surface area contributed by atoms with Crippen molar-refractivity contribution < 1.29 is 53.2 Å². The molecule has 0 fully saturated rings. The molecule has 0 aliphatic rings. The molecule has 0 atom stereocenters. The van der Waals surface area contributed by atoms with Crippen molar-refractivity contribution in [3.63, 3.8) is 0 Å². The molecule has 15 rings (SSSR count). The van der Waals surface area contributed by atoms with Crippen LogP contribution in [0.5, 0.6) is 11.5 Å². The first-order valence-electron chi connectivity index (χ1n) is 43.6. The summed E-state index contributed by atoms with van der Waals surface area (Å²) in [7, 11) is -6.58. The van der Waals surface area contributed by atoms with Gasteiger partial charge in [0.2, 0.25) is 0 Å². The predicted octanol–water partition coefficient (Wildman–Crippen LogP) is 17.3. The van der Waals surface area contributed by atoms with Gasteiger partial charge in [-0.05, 0) is 143 Å². The van der Waals surface area contributed by atoms with E-state index in [0.29, 0.717) is 11.6 Å². The van der Waals surface area contributed by atoms with Crippen LogP contribution in [0.4, 0.5) is 0 Å². The summed E-state index contributed by atoms with van der Waals surface area (Å²) < 4.78 is 316. The van der Waals surface area contributed by atoms with Gasteiger partial charge in [0.1, 0.15) is 17.3 Å². The maximum Gasteiger partial charge on any atom is 0.269 e. The zero-order valence-electron chi connectivity index (χ0n) is 78.8. The van der Waals surface area contributed by atoms with E-state index < -0.39 is 272 Å². The van der Waals surface area contributed by atoms with Crippen molar-refractivity contribution in [2.24, 2.45) is 0 Å². The third-order valence-electron chi connectivity index (χ3n) is 15.0. The molecule has 0 bridgehead atoms. The number of hydrogen-bond acceptors (Lipinski definition) is 2. The van der Waals surface area contributed by atoms with Crippen LogP contribution in [-0.2, 0) is 5.41 Å². The van der Waals surface area contributed by atoms with Crippen molar-refractivity contribution >= 4 is 61.7 Å². The number of para-hydroxylation sites is 4. The maximum absolute atomic E-state index is 11.1. The Hall–Kier alpha value is -10.9. The Balaban J connectivity index is 1.10. The highest BCUT2D eigenvalue weighted by Crippen LogP contribution is 2.40. The molecule has 15 aromatic rings. The second-order valence-electron chi connectivity index (χ2n) is 21.2. The lowest BCUT2D eigenvalue weighted by Gasteiger charge is -2.34. The summed E-state index contributed by atoms with van der Waals surface area (Å²) in [6.45, 7) is 6.30. The molecule has 0 radical (unpaired) electrons. The Kier molecular flexibility index (Phi) is 7.53. The molecular weight excluding hydrogens is 1090 g/mol. The van der Waals surface area contributed by atoms with Crippen LogP contribution in [0.1, 0.15) is 70.2 Å². The van der Waals surface area contributed by atoms with E-state index in [1.807, 2.05) is 53.1 Å². The number of imidazole rings is 1. The summed E-state index contributed by atoms with van der Waals surface area (Å²) in [4.78, 5) is 4.83. The highest BCUT2D eigenvalue weighted by Gasteiger charge is 2.41. The largest absolute Gasteiger partial charge is 0.458 e. The number of hydrogen-bond donors (Lipinski definition) is 0. The molecule has 6 heteroatoms. The number of aromatic nitrogens is 4. The Labute approximate surface area is 560 Å². The highest BCUT2D eigenvalue weighted by molar-refractivity contribution is 7.19. The van der Waals surface area contributed by atoms with Gasteiger partial charge in [0.15, 0.2) is 8.07 Å². The third kappa shape index (κ3) is 9.70. The molecule has 0 amide bonds. The Bertz CT molecular complexity index is 6650. The van der Waals surface area contributed by atoms with E-state index in [4.69, 9.17) is 22.1 Å². The number of nitrogens with zero attached hydrogens (tertiary/aromatic N) is 4. The molecular formula is C82H62N4OSi. The van der Waals surface area contributed by atoms with E-state index in [1.165, 1.54) is 27.3 Å². The van der Waals surface area contributed by atoms with Crippen molar-refractivity contribution in [2.75, 3.05) is 0 Å². The molecule has 420 valence electrons. The summed E-state index contributed by atoms with van der Waals surface area (Å²) in [5, 5.41) is -2.81. The molecule has 3 heterocycles. The normalized spacial score (nSPS) is 16.9. The predicted molar refractivity (Wildman–Crippen MR) is 366 cm³/mol. The number of benzene rings is 12. The minimum Gasteiger partial charge on any atom is -0.458 e. The van der Waals surface area contributed by atoms with Gasteiger partial charge in [-0.2, -0.15) is 0 Å². The molecule has 0 saturated heterocycles. The van der Waals surface area contributed by atoms with Crippen molar-refractivity contribution in [3.05, 3.63) is 333 Å². The van der Waals surface area contributed by atoms with E-state index >= 15 is 0 Å². The average molecular weight is 1180 g/mol. The van der Waals surface area contributed by atoms with Gasteiger partial charge in [-0.3, -0.25) is 13.7 Å². The number of pyridine rings is 1. The van der Waals surface area contributed by atoms with Gasteiger partial charge < -0.3 is 4.74 Å². The quantitative estimate of drug-likeness (QED) is 0.0499. The van der Waals surface area contributed by atoms with Crippen LogP contribution < -0.4 is 30.1 Å². The monoisotopic (exact) mass is 1180 g/mol.